The highest BCUT2D eigenvalue weighted by Crippen LogP contribution is 2.29. The van der Waals surface area contributed by atoms with Crippen molar-refractivity contribution in [1.29, 1.82) is 0 Å². The van der Waals surface area contributed by atoms with Crippen molar-refractivity contribution in [3.63, 3.8) is 0 Å². The van der Waals surface area contributed by atoms with Crippen LogP contribution in [0.15, 0.2) is 42.5 Å². The Morgan fingerprint density at radius 2 is 1.85 bits per heavy atom. The molecule has 0 bridgehead atoms. The van der Waals surface area contributed by atoms with Gasteiger partial charge in [0.1, 0.15) is 5.82 Å². The molecular weight excluding hydrogens is 253 g/mol. The van der Waals surface area contributed by atoms with Crippen LogP contribution in [0.3, 0.4) is 0 Å². The predicted molar refractivity (Wildman–Crippen MR) is 80.4 cm³/mol. The molecule has 0 aliphatic carbocycles. The topological polar surface area (TPSA) is 32.3 Å². The van der Waals surface area contributed by atoms with Crippen LogP contribution in [-0.4, -0.2) is 11.7 Å². The third-order valence-corrected chi connectivity index (χ3v) is 3.52. The smallest absolute Gasteiger partial charge is 0.125 e. The lowest BCUT2D eigenvalue weighted by Crippen LogP contribution is -2.36. The first-order valence-corrected chi connectivity index (χ1v) is 6.67. The van der Waals surface area contributed by atoms with Gasteiger partial charge in [-0.3, -0.25) is 0 Å². The van der Waals surface area contributed by atoms with Crippen molar-refractivity contribution in [3.05, 3.63) is 65.0 Å². The van der Waals surface area contributed by atoms with E-state index in [1.165, 1.54) is 12.1 Å². The summed E-state index contributed by atoms with van der Waals surface area (Å²) in [6.07, 6.45) is 0. The van der Waals surface area contributed by atoms with E-state index < -0.39 is 5.54 Å². The maximum atomic E-state index is 13.5. The molecular formula is C17H20FNO. The molecule has 0 fully saturated rings. The van der Waals surface area contributed by atoms with Gasteiger partial charge in [0, 0.05) is 5.69 Å². The lowest BCUT2D eigenvalue weighted by molar-refractivity contribution is 0.223. The van der Waals surface area contributed by atoms with Crippen LogP contribution in [0.25, 0.3) is 0 Å². The highest BCUT2D eigenvalue weighted by molar-refractivity contribution is 5.51. The second-order valence-electron chi connectivity index (χ2n) is 5.45. The molecule has 1 unspecified atom stereocenters. The van der Waals surface area contributed by atoms with Crippen LogP contribution in [0, 0.1) is 19.7 Å². The van der Waals surface area contributed by atoms with Crippen LogP contribution >= 0.6 is 0 Å². The Kier molecular flexibility index (Phi) is 4.09. The molecule has 0 aliphatic rings. The predicted octanol–water partition coefficient (Wildman–Crippen LogP) is 3.76. The van der Waals surface area contributed by atoms with E-state index in [-0.39, 0.29) is 12.4 Å². The Balaban J connectivity index is 2.39. The maximum absolute atomic E-state index is 13.5. The fraction of sp³-hybridized carbons (Fsp3) is 0.294. The van der Waals surface area contributed by atoms with E-state index in [1.54, 1.807) is 0 Å². The van der Waals surface area contributed by atoms with Gasteiger partial charge in [-0.1, -0.05) is 24.3 Å². The Hall–Kier alpha value is -1.87. The van der Waals surface area contributed by atoms with E-state index in [9.17, 15) is 9.50 Å². The van der Waals surface area contributed by atoms with Crippen molar-refractivity contribution in [3.8, 4) is 0 Å². The van der Waals surface area contributed by atoms with Crippen LogP contribution in [-0.2, 0) is 5.54 Å². The second-order valence-corrected chi connectivity index (χ2v) is 5.45. The van der Waals surface area contributed by atoms with Crippen molar-refractivity contribution in [2.24, 2.45) is 0 Å². The van der Waals surface area contributed by atoms with Crippen molar-refractivity contribution >= 4 is 5.69 Å². The zero-order valence-electron chi connectivity index (χ0n) is 12.1. The summed E-state index contributed by atoms with van der Waals surface area (Å²) in [5.41, 5.74) is 2.96. The molecule has 106 valence electrons. The molecule has 3 heteroatoms. The molecule has 2 nitrogen and oxygen atoms in total. The Morgan fingerprint density at radius 3 is 2.45 bits per heavy atom. The Labute approximate surface area is 119 Å². The fourth-order valence-corrected chi connectivity index (χ4v) is 2.51. The van der Waals surface area contributed by atoms with Gasteiger partial charge in [-0.05, 0) is 55.7 Å². The van der Waals surface area contributed by atoms with E-state index in [2.05, 4.69) is 5.32 Å². The molecule has 2 rings (SSSR count). The molecule has 0 saturated heterocycles. The highest BCUT2D eigenvalue weighted by atomic mass is 19.1. The van der Waals surface area contributed by atoms with Gasteiger partial charge >= 0.3 is 0 Å². The van der Waals surface area contributed by atoms with E-state index >= 15 is 0 Å². The summed E-state index contributed by atoms with van der Waals surface area (Å²) in [4.78, 5) is 0. The first-order chi connectivity index (χ1) is 9.44. The van der Waals surface area contributed by atoms with Crippen LogP contribution in [0.5, 0.6) is 0 Å². The standard InChI is InChI=1S/C17H20FNO/c1-12-8-14(18)10-15(9-12)19-17(3,11-20)16-7-5-4-6-13(16)2/h4-10,19-20H,11H2,1-3H3. The minimum absolute atomic E-state index is 0.0760. The first kappa shape index (κ1) is 14.5. The van der Waals surface area contributed by atoms with E-state index in [1.807, 2.05) is 51.1 Å². The van der Waals surface area contributed by atoms with E-state index in [0.717, 1.165) is 16.7 Å². The van der Waals surface area contributed by atoms with Gasteiger partial charge in [0.05, 0.1) is 12.1 Å². The molecule has 2 N–H and O–H groups in total. The maximum Gasteiger partial charge on any atom is 0.125 e. The number of rotatable bonds is 4. The van der Waals surface area contributed by atoms with Gasteiger partial charge in [0.15, 0.2) is 0 Å². The third kappa shape index (κ3) is 2.99. The molecule has 0 radical (unpaired) electrons. The van der Waals surface area contributed by atoms with Gasteiger partial charge in [-0.2, -0.15) is 0 Å². The summed E-state index contributed by atoms with van der Waals surface area (Å²) >= 11 is 0. The first-order valence-electron chi connectivity index (χ1n) is 6.67. The average molecular weight is 273 g/mol. The van der Waals surface area contributed by atoms with Gasteiger partial charge in [-0.25, -0.2) is 4.39 Å². The summed E-state index contributed by atoms with van der Waals surface area (Å²) in [6, 6.07) is 12.7. The van der Waals surface area contributed by atoms with Crippen molar-refractivity contribution < 1.29 is 9.50 Å². The molecule has 0 amide bonds. The van der Waals surface area contributed by atoms with Gasteiger partial charge in [0.2, 0.25) is 0 Å². The summed E-state index contributed by atoms with van der Waals surface area (Å²) < 4.78 is 13.5. The number of anilines is 1. The molecule has 20 heavy (non-hydrogen) atoms. The van der Waals surface area contributed by atoms with Gasteiger partial charge in [-0.15, -0.1) is 0 Å². The lowest BCUT2D eigenvalue weighted by Gasteiger charge is -2.32. The number of aryl methyl sites for hydroxylation is 2. The zero-order valence-corrected chi connectivity index (χ0v) is 12.1. The molecule has 2 aromatic carbocycles. The Morgan fingerprint density at radius 1 is 1.15 bits per heavy atom. The monoisotopic (exact) mass is 273 g/mol. The average Bonchev–Trinajstić information content (AvgIpc) is 2.37. The third-order valence-electron chi connectivity index (χ3n) is 3.52. The van der Waals surface area contributed by atoms with Crippen molar-refractivity contribution in [1.82, 2.24) is 0 Å². The van der Waals surface area contributed by atoms with Crippen molar-refractivity contribution in [2.75, 3.05) is 11.9 Å². The molecule has 0 spiro atoms. The SMILES string of the molecule is Cc1cc(F)cc(NC(C)(CO)c2ccccc2C)c1. The number of aliphatic hydroxyl groups is 1. The number of hydrogen-bond acceptors (Lipinski definition) is 2. The van der Waals surface area contributed by atoms with E-state index in [4.69, 9.17) is 0 Å². The normalized spacial score (nSPS) is 13.8. The fourth-order valence-electron chi connectivity index (χ4n) is 2.51. The molecule has 0 aromatic heterocycles. The van der Waals surface area contributed by atoms with Gasteiger partial charge in [0.25, 0.3) is 0 Å². The minimum atomic E-state index is -0.647. The summed E-state index contributed by atoms with van der Waals surface area (Å²) in [6.45, 7) is 5.68. The summed E-state index contributed by atoms with van der Waals surface area (Å²) in [5.74, 6) is -0.280. The highest BCUT2D eigenvalue weighted by Gasteiger charge is 2.27. The van der Waals surface area contributed by atoms with Crippen LogP contribution in [0.4, 0.5) is 10.1 Å². The zero-order chi connectivity index (χ0) is 14.8. The van der Waals surface area contributed by atoms with Crippen LogP contribution < -0.4 is 5.32 Å². The summed E-state index contributed by atoms with van der Waals surface area (Å²) in [7, 11) is 0. The van der Waals surface area contributed by atoms with Crippen LogP contribution in [0.1, 0.15) is 23.6 Å². The molecule has 0 heterocycles. The molecule has 0 aliphatic heterocycles. The number of benzene rings is 2. The van der Waals surface area contributed by atoms with Gasteiger partial charge < -0.3 is 10.4 Å². The Bertz CT molecular complexity index is 591. The van der Waals surface area contributed by atoms with Crippen LogP contribution in [0.2, 0.25) is 0 Å². The number of halogens is 1. The second kappa shape index (κ2) is 5.63. The largest absolute Gasteiger partial charge is 0.394 e. The molecule has 2 aromatic rings. The number of nitrogens with one attached hydrogen (secondary N) is 1. The quantitative estimate of drug-likeness (QED) is 0.889. The van der Waals surface area contributed by atoms with Crippen molar-refractivity contribution in [2.45, 2.75) is 26.3 Å². The minimum Gasteiger partial charge on any atom is -0.394 e. The molecule has 0 saturated carbocycles. The lowest BCUT2D eigenvalue weighted by atomic mass is 9.89. The number of hydrogen-bond donors (Lipinski definition) is 2. The van der Waals surface area contributed by atoms with E-state index in [0.29, 0.717) is 5.69 Å². The number of aliphatic hydroxyl groups excluding tert-OH is 1. The summed E-state index contributed by atoms with van der Waals surface area (Å²) in [5, 5.41) is 13.1. The molecule has 1 atom stereocenters.